The SMILES string of the molecule is C[Si](C)(C)CCOCOc1ccc(-c2ccccc2)cc1. The fourth-order valence-electron chi connectivity index (χ4n) is 1.92. The summed E-state index contributed by atoms with van der Waals surface area (Å²) in [7, 11) is -1.01. The number of benzene rings is 2. The van der Waals surface area contributed by atoms with Gasteiger partial charge in [0.1, 0.15) is 5.75 Å². The van der Waals surface area contributed by atoms with Crippen LogP contribution in [0.1, 0.15) is 0 Å². The first-order valence-electron chi connectivity index (χ1n) is 7.41. The second kappa shape index (κ2) is 7.43. The number of hydrogen-bond acceptors (Lipinski definition) is 2. The molecule has 0 N–H and O–H groups in total. The van der Waals surface area contributed by atoms with Crippen molar-refractivity contribution in [3.63, 3.8) is 0 Å². The summed E-state index contributed by atoms with van der Waals surface area (Å²) in [6, 6.07) is 19.6. The van der Waals surface area contributed by atoms with E-state index < -0.39 is 8.07 Å². The molecule has 0 radical (unpaired) electrons. The average Bonchev–Trinajstić information content (AvgIpc) is 2.47. The van der Waals surface area contributed by atoms with Crippen molar-refractivity contribution in [3.05, 3.63) is 54.6 Å². The lowest BCUT2D eigenvalue weighted by Gasteiger charge is -2.15. The maximum Gasteiger partial charge on any atom is 0.189 e. The summed E-state index contributed by atoms with van der Waals surface area (Å²) in [5.74, 6) is 0.850. The van der Waals surface area contributed by atoms with Crippen LogP contribution in [0, 0.1) is 0 Å². The molecule has 2 aromatic rings. The molecule has 0 aliphatic heterocycles. The smallest absolute Gasteiger partial charge is 0.189 e. The third-order valence-corrected chi connectivity index (χ3v) is 4.97. The van der Waals surface area contributed by atoms with E-state index in [9.17, 15) is 0 Å². The van der Waals surface area contributed by atoms with E-state index in [-0.39, 0.29) is 0 Å². The van der Waals surface area contributed by atoms with Crippen LogP contribution < -0.4 is 4.74 Å². The normalized spacial score (nSPS) is 11.4. The van der Waals surface area contributed by atoms with Crippen LogP contribution in [0.3, 0.4) is 0 Å². The second-order valence-electron chi connectivity index (χ2n) is 6.37. The van der Waals surface area contributed by atoms with E-state index in [0.29, 0.717) is 6.79 Å². The average molecular weight is 300 g/mol. The minimum Gasteiger partial charge on any atom is -0.468 e. The maximum absolute atomic E-state index is 5.60. The van der Waals surface area contributed by atoms with E-state index in [4.69, 9.17) is 9.47 Å². The van der Waals surface area contributed by atoms with Crippen LogP contribution in [0.15, 0.2) is 54.6 Å². The Balaban J connectivity index is 1.78. The summed E-state index contributed by atoms with van der Waals surface area (Å²) in [4.78, 5) is 0. The van der Waals surface area contributed by atoms with Crippen LogP contribution in [0.25, 0.3) is 11.1 Å². The van der Waals surface area contributed by atoms with Gasteiger partial charge in [0.25, 0.3) is 0 Å². The molecule has 0 unspecified atom stereocenters. The molecule has 0 amide bonds. The zero-order valence-corrected chi connectivity index (χ0v) is 14.1. The van der Waals surface area contributed by atoms with E-state index in [1.54, 1.807) is 0 Å². The molecule has 0 aliphatic carbocycles. The molecule has 0 aliphatic rings. The second-order valence-corrected chi connectivity index (χ2v) is 12.0. The van der Waals surface area contributed by atoms with Gasteiger partial charge < -0.3 is 9.47 Å². The summed E-state index contributed by atoms with van der Waals surface area (Å²) in [6.07, 6.45) is 0. The van der Waals surface area contributed by atoms with E-state index in [2.05, 4.69) is 43.9 Å². The predicted octanol–water partition coefficient (Wildman–Crippen LogP) is 5.04. The Hall–Kier alpha value is -1.58. The van der Waals surface area contributed by atoms with Gasteiger partial charge in [-0.2, -0.15) is 0 Å². The molecule has 0 aromatic heterocycles. The van der Waals surface area contributed by atoms with Crippen LogP contribution in [-0.4, -0.2) is 21.5 Å². The predicted molar refractivity (Wildman–Crippen MR) is 91.5 cm³/mol. The van der Waals surface area contributed by atoms with Gasteiger partial charge in [0.2, 0.25) is 0 Å². The highest BCUT2D eigenvalue weighted by atomic mass is 28.3. The Morgan fingerprint density at radius 2 is 1.43 bits per heavy atom. The summed E-state index contributed by atoms with van der Waals surface area (Å²) < 4.78 is 11.1. The summed E-state index contributed by atoms with van der Waals surface area (Å²) >= 11 is 0. The Morgan fingerprint density at radius 3 is 2.05 bits per heavy atom. The van der Waals surface area contributed by atoms with Gasteiger partial charge in [-0.3, -0.25) is 0 Å². The largest absolute Gasteiger partial charge is 0.468 e. The number of hydrogen-bond donors (Lipinski definition) is 0. The molecule has 112 valence electrons. The highest BCUT2D eigenvalue weighted by Crippen LogP contribution is 2.22. The van der Waals surface area contributed by atoms with Gasteiger partial charge in [-0.25, -0.2) is 0 Å². The van der Waals surface area contributed by atoms with Gasteiger partial charge in [-0.05, 0) is 29.3 Å². The van der Waals surface area contributed by atoms with Crippen molar-refractivity contribution in [2.45, 2.75) is 25.7 Å². The van der Waals surface area contributed by atoms with Crippen molar-refractivity contribution in [2.24, 2.45) is 0 Å². The van der Waals surface area contributed by atoms with Gasteiger partial charge >= 0.3 is 0 Å². The molecule has 0 saturated heterocycles. The molecule has 0 bridgehead atoms. The van der Waals surface area contributed by atoms with Gasteiger partial charge in [0.05, 0.1) is 0 Å². The molecule has 3 heteroatoms. The van der Waals surface area contributed by atoms with Crippen molar-refractivity contribution in [2.75, 3.05) is 13.4 Å². The molecule has 0 fully saturated rings. The van der Waals surface area contributed by atoms with Gasteiger partial charge in [-0.15, -0.1) is 0 Å². The van der Waals surface area contributed by atoms with Crippen LogP contribution in [0.2, 0.25) is 25.7 Å². The lowest BCUT2D eigenvalue weighted by atomic mass is 10.1. The van der Waals surface area contributed by atoms with Gasteiger partial charge in [-0.1, -0.05) is 62.1 Å². The van der Waals surface area contributed by atoms with Crippen molar-refractivity contribution in [1.29, 1.82) is 0 Å². The molecular weight excluding hydrogens is 276 g/mol. The minimum atomic E-state index is -1.01. The first-order chi connectivity index (χ1) is 10.0. The summed E-state index contributed by atoms with van der Waals surface area (Å²) in [5.41, 5.74) is 2.41. The molecule has 2 nitrogen and oxygen atoms in total. The molecule has 21 heavy (non-hydrogen) atoms. The molecule has 0 spiro atoms. The fourth-order valence-corrected chi connectivity index (χ4v) is 2.68. The highest BCUT2D eigenvalue weighted by molar-refractivity contribution is 6.76. The number of rotatable bonds is 7. The van der Waals surface area contributed by atoms with Crippen molar-refractivity contribution < 1.29 is 9.47 Å². The lowest BCUT2D eigenvalue weighted by Crippen LogP contribution is -2.22. The molecule has 0 atom stereocenters. The van der Waals surface area contributed by atoms with E-state index in [1.165, 1.54) is 17.2 Å². The molecule has 0 saturated carbocycles. The number of ether oxygens (including phenoxy) is 2. The quantitative estimate of drug-likeness (QED) is 0.405. The Kier molecular flexibility index (Phi) is 5.59. The zero-order chi connectivity index (χ0) is 15.1. The topological polar surface area (TPSA) is 18.5 Å². The third kappa shape index (κ3) is 5.74. The van der Waals surface area contributed by atoms with Crippen LogP contribution >= 0.6 is 0 Å². The van der Waals surface area contributed by atoms with Crippen LogP contribution in [0.4, 0.5) is 0 Å². The zero-order valence-electron chi connectivity index (χ0n) is 13.1. The van der Waals surface area contributed by atoms with E-state index >= 15 is 0 Å². The van der Waals surface area contributed by atoms with Gasteiger partial charge in [0.15, 0.2) is 6.79 Å². The molecule has 0 heterocycles. The monoisotopic (exact) mass is 300 g/mol. The van der Waals surface area contributed by atoms with Gasteiger partial charge in [0, 0.05) is 14.7 Å². The van der Waals surface area contributed by atoms with Crippen molar-refractivity contribution in [3.8, 4) is 16.9 Å². The van der Waals surface area contributed by atoms with E-state index in [1.807, 2.05) is 30.3 Å². The van der Waals surface area contributed by atoms with Crippen molar-refractivity contribution >= 4 is 8.07 Å². The van der Waals surface area contributed by atoms with Crippen molar-refractivity contribution in [1.82, 2.24) is 0 Å². The third-order valence-electron chi connectivity index (χ3n) is 3.27. The lowest BCUT2D eigenvalue weighted by molar-refractivity contribution is 0.0220. The standard InChI is InChI=1S/C18H24O2Si/c1-21(2,3)14-13-19-15-20-18-11-9-17(10-12-18)16-7-5-4-6-8-16/h4-12H,13-15H2,1-3H3. The Bertz CT molecular complexity index is 529. The Labute approximate surface area is 128 Å². The Morgan fingerprint density at radius 1 is 0.810 bits per heavy atom. The van der Waals surface area contributed by atoms with Crippen LogP contribution in [-0.2, 0) is 4.74 Å². The maximum atomic E-state index is 5.60. The molecule has 2 aromatic carbocycles. The minimum absolute atomic E-state index is 0.329. The highest BCUT2D eigenvalue weighted by Gasteiger charge is 2.11. The van der Waals surface area contributed by atoms with Crippen LogP contribution in [0.5, 0.6) is 5.75 Å². The summed E-state index contributed by atoms with van der Waals surface area (Å²) in [6.45, 7) is 8.16. The first kappa shape index (κ1) is 15.8. The molecule has 2 rings (SSSR count). The summed E-state index contributed by atoms with van der Waals surface area (Å²) in [5, 5.41) is 0. The van der Waals surface area contributed by atoms with E-state index in [0.717, 1.165) is 12.4 Å². The molecular formula is C18H24O2Si. The fraction of sp³-hybridized carbons (Fsp3) is 0.333. The first-order valence-corrected chi connectivity index (χ1v) is 11.1.